The van der Waals surface area contributed by atoms with Crippen molar-refractivity contribution in [3.05, 3.63) is 70.3 Å². The zero-order chi connectivity index (χ0) is 16.4. The second-order valence-corrected chi connectivity index (χ2v) is 6.08. The number of halogens is 1. The second-order valence-electron chi connectivity index (χ2n) is 5.16. The molecule has 5 heteroatoms. The van der Waals surface area contributed by atoms with Crippen molar-refractivity contribution in [3.8, 4) is 16.9 Å². The molecule has 3 rings (SSSR count). The average molecular weight is 371 g/mol. The summed E-state index contributed by atoms with van der Waals surface area (Å²) < 4.78 is 7.50. The Morgan fingerprint density at radius 3 is 2.52 bits per heavy atom. The van der Waals surface area contributed by atoms with Gasteiger partial charge in [0.25, 0.3) is 0 Å². The minimum absolute atomic E-state index is 0.399. The summed E-state index contributed by atoms with van der Waals surface area (Å²) in [5, 5.41) is 4.59. The summed E-state index contributed by atoms with van der Waals surface area (Å²) in [6.07, 6.45) is 0. The molecule has 0 spiro atoms. The van der Waals surface area contributed by atoms with E-state index in [-0.39, 0.29) is 0 Å². The van der Waals surface area contributed by atoms with Gasteiger partial charge in [0.1, 0.15) is 0 Å². The van der Waals surface area contributed by atoms with Gasteiger partial charge in [0.2, 0.25) is 0 Å². The Balaban J connectivity index is 2.14. The fourth-order valence-corrected chi connectivity index (χ4v) is 2.61. The maximum absolute atomic E-state index is 12.1. The summed E-state index contributed by atoms with van der Waals surface area (Å²) in [5.41, 5.74) is 3.98. The van der Waals surface area contributed by atoms with Gasteiger partial charge in [0.15, 0.2) is 5.69 Å². The highest BCUT2D eigenvalue weighted by molar-refractivity contribution is 9.10. The van der Waals surface area contributed by atoms with Crippen LogP contribution in [0.25, 0.3) is 16.9 Å². The number of carbonyl (C=O) groups excluding carboxylic acids is 1. The Morgan fingerprint density at radius 2 is 1.87 bits per heavy atom. The zero-order valence-corrected chi connectivity index (χ0v) is 14.4. The second kappa shape index (κ2) is 6.38. The standard InChI is InChI=1S/C18H15BrN2O2/c1-12-4-3-5-15(10-12)21-17(18(22)23-2)11-16(20-21)13-6-8-14(19)9-7-13/h3-11H,1-2H3. The van der Waals surface area contributed by atoms with Gasteiger partial charge in [-0.25, -0.2) is 9.48 Å². The molecule has 0 atom stereocenters. The van der Waals surface area contributed by atoms with E-state index in [1.807, 2.05) is 55.5 Å². The lowest BCUT2D eigenvalue weighted by Crippen LogP contribution is -2.10. The zero-order valence-electron chi connectivity index (χ0n) is 12.8. The first kappa shape index (κ1) is 15.5. The van der Waals surface area contributed by atoms with Crippen molar-refractivity contribution in [2.45, 2.75) is 6.92 Å². The number of methoxy groups -OCH3 is 1. The SMILES string of the molecule is COC(=O)c1cc(-c2ccc(Br)cc2)nn1-c1cccc(C)c1. The van der Waals surface area contributed by atoms with E-state index in [1.165, 1.54) is 7.11 Å². The molecule has 1 heterocycles. The van der Waals surface area contributed by atoms with E-state index in [0.717, 1.165) is 27.0 Å². The van der Waals surface area contributed by atoms with E-state index in [2.05, 4.69) is 21.0 Å². The molecule has 116 valence electrons. The van der Waals surface area contributed by atoms with Crippen molar-refractivity contribution in [3.63, 3.8) is 0 Å². The molecule has 4 nitrogen and oxygen atoms in total. The molecule has 1 aromatic heterocycles. The maximum atomic E-state index is 12.1. The molecule has 0 bridgehead atoms. The molecule has 23 heavy (non-hydrogen) atoms. The summed E-state index contributed by atoms with van der Waals surface area (Å²) in [6.45, 7) is 2.00. The molecular formula is C18H15BrN2O2. The highest BCUT2D eigenvalue weighted by atomic mass is 79.9. The van der Waals surface area contributed by atoms with Crippen LogP contribution in [0.3, 0.4) is 0 Å². The number of nitrogens with zero attached hydrogens (tertiary/aromatic N) is 2. The monoisotopic (exact) mass is 370 g/mol. The third-order valence-corrected chi connectivity index (χ3v) is 4.02. The third-order valence-electron chi connectivity index (χ3n) is 3.49. The van der Waals surface area contributed by atoms with Gasteiger partial charge in [-0.2, -0.15) is 5.10 Å². The van der Waals surface area contributed by atoms with Gasteiger partial charge < -0.3 is 4.74 Å². The molecule has 3 aromatic rings. The van der Waals surface area contributed by atoms with Crippen LogP contribution >= 0.6 is 15.9 Å². The molecule has 0 unspecified atom stereocenters. The van der Waals surface area contributed by atoms with Crippen molar-refractivity contribution in [2.24, 2.45) is 0 Å². The first-order chi connectivity index (χ1) is 11.1. The van der Waals surface area contributed by atoms with Crippen LogP contribution in [0.4, 0.5) is 0 Å². The molecular weight excluding hydrogens is 356 g/mol. The smallest absolute Gasteiger partial charge is 0.356 e. The number of rotatable bonds is 3. The minimum Gasteiger partial charge on any atom is -0.464 e. The first-order valence-corrected chi connectivity index (χ1v) is 7.89. The van der Waals surface area contributed by atoms with Crippen LogP contribution in [0.15, 0.2) is 59.1 Å². The molecule has 0 radical (unpaired) electrons. The molecule has 0 saturated heterocycles. The van der Waals surface area contributed by atoms with E-state index in [0.29, 0.717) is 5.69 Å². The van der Waals surface area contributed by atoms with Crippen LogP contribution in [0.5, 0.6) is 0 Å². The van der Waals surface area contributed by atoms with Gasteiger partial charge in [-0.1, -0.05) is 40.2 Å². The van der Waals surface area contributed by atoms with Crippen molar-refractivity contribution < 1.29 is 9.53 Å². The molecule has 0 aliphatic carbocycles. The Morgan fingerprint density at radius 1 is 1.13 bits per heavy atom. The fourth-order valence-electron chi connectivity index (χ4n) is 2.35. The average Bonchev–Trinajstić information content (AvgIpc) is 3.00. The number of ether oxygens (including phenoxy) is 1. The molecule has 0 fully saturated rings. The highest BCUT2D eigenvalue weighted by Gasteiger charge is 2.18. The van der Waals surface area contributed by atoms with Crippen LogP contribution in [0.2, 0.25) is 0 Å². The highest BCUT2D eigenvalue weighted by Crippen LogP contribution is 2.24. The summed E-state index contributed by atoms with van der Waals surface area (Å²) in [6, 6.07) is 17.4. The quantitative estimate of drug-likeness (QED) is 0.641. The maximum Gasteiger partial charge on any atom is 0.356 e. The van der Waals surface area contributed by atoms with Gasteiger partial charge in [-0.05, 0) is 42.8 Å². The van der Waals surface area contributed by atoms with Crippen molar-refractivity contribution in [1.82, 2.24) is 9.78 Å². The lowest BCUT2D eigenvalue weighted by atomic mass is 10.1. The molecule has 0 saturated carbocycles. The number of aromatic nitrogens is 2. The normalized spacial score (nSPS) is 10.6. The van der Waals surface area contributed by atoms with Gasteiger partial charge >= 0.3 is 5.97 Å². The number of benzene rings is 2. The molecule has 0 aliphatic heterocycles. The summed E-state index contributed by atoms with van der Waals surface area (Å²) >= 11 is 3.42. The largest absolute Gasteiger partial charge is 0.464 e. The van der Waals surface area contributed by atoms with Crippen LogP contribution in [-0.4, -0.2) is 22.9 Å². The Hall–Kier alpha value is -2.40. The van der Waals surface area contributed by atoms with E-state index in [4.69, 9.17) is 4.74 Å². The summed E-state index contributed by atoms with van der Waals surface area (Å²) in [5.74, 6) is -0.414. The van der Waals surface area contributed by atoms with Crippen LogP contribution < -0.4 is 0 Å². The van der Waals surface area contributed by atoms with Gasteiger partial charge in [-0.15, -0.1) is 0 Å². The topological polar surface area (TPSA) is 44.1 Å². The van der Waals surface area contributed by atoms with E-state index in [9.17, 15) is 4.79 Å². The van der Waals surface area contributed by atoms with Crippen LogP contribution in [0.1, 0.15) is 16.1 Å². The first-order valence-electron chi connectivity index (χ1n) is 7.10. The van der Waals surface area contributed by atoms with Gasteiger partial charge in [0.05, 0.1) is 18.5 Å². The predicted molar refractivity (Wildman–Crippen MR) is 92.8 cm³/mol. The fraction of sp³-hybridized carbons (Fsp3) is 0.111. The van der Waals surface area contributed by atoms with Crippen LogP contribution in [0, 0.1) is 6.92 Å². The number of hydrogen-bond acceptors (Lipinski definition) is 3. The molecule has 0 N–H and O–H groups in total. The van der Waals surface area contributed by atoms with Crippen molar-refractivity contribution >= 4 is 21.9 Å². The lowest BCUT2D eigenvalue weighted by molar-refractivity contribution is 0.0590. The van der Waals surface area contributed by atoms with Gasteiger partial charge in [0, 0.05) is 10.0 Å². The summed E-state index contributed by atoms with van der Waals surface area (Å²) in [4.78, 5) is 12.1. The number of aryl methyl sites for hydroxylation is 1. The Kier molecular flexibility index (Phi) is 4.30. The molecule has 0 amide bonds. The molecule has 2 aromatic carbocycles. The van der Waals surface area contributed by atoms with Gasteiger partial charge in [-0.3, -0.25) is 0 Å². The Labute approximate surface area is 142 Å². The van der Waals surface area contributed by atoms with Crippen molar-refractivity contribution in [2.75, 3.05) is 7.11 Å². The summed E-state index contributed by atoms with van der Waals surface area (Å²) in [7, 11) is 1.37. The lowest BCUT2D eigenvalue weighted by Gasteiger charge is -2.06. The number of esters is 1. The predicted octanol–water partition coefficient (Wildman–Crippen LogP) is 4.40. The van der Waals surface area contributed by atoms with E-state index < -0.39 is 5.97 Å². The minimum atomic E-state index is -0.414. The van der Waals surface area contributed by atoms with Crippen molar-refractivity contribution in [1.29, 1.82) is 0 Å². The number of hydrogen-bond donors (Lipinski definition) is 0. The van der Waals surface area contributed by atoms with Crippen LogP contribution in [-0.2, 0) is 4.74 Å². The Bertz CT molecular complexity index is 854. The molecule has 0 aliphatic rings. The number of carbonyl (C=O) groups is 1. The van der Waals surface area contributed by atoms with E-state index in [1.54, 1.807) is 10.7 Å². The third kappa shape index (κ3) is 3.19. The van der Waals surface area contributed by atoms with E-state index >= 15 is 0 Å².